The van der Waals surface area contributed by atoms with E-state index in [1.54, 1.807) is 12.3 Å². The number of hydrogen-bond acceptors (Lipinski definition) is 6. The Morgan fingerprint density at radius 2 is 2.03 bits per heavy atom. The molecule has 0 fully saturated rings. The van der Waals surface area contributed by atoms with E-state index >= 15 is 0 Å². The Morgan fingerprint density at radius 1 is 1.27 bits per heavy atom. The molecule has 2 heterocycles. The first kappa shape index (κ1) is 21.1. The van der Waals surface area contributed by atoms with Crippen LogP contribution in [0.15, 0.2) is 72.8 Å². The van der Waals surface area contributed by atoms with Crippen LogP contribution in [0.5, 0.6) is 0 Å². The Bertz CT molecular complexity index is 1110. The Balaban J connectivity index is 1.62. The molecule has 10 nitrogen and oxygen atoms in total. The van der Waals surface area contributed by atoms with Crippen molar-refractivity contribution in [1.29, 1.82) is 0 Å². The third kappa shape index (κ3) is 4.88. The number of rotatable bonds is 8. The number of carbonyl (C=O) groups excluding carboxylic acids is 1. The van der Waals surface area contributed by atoms with Gasteiger partial charge in [-0.1, -0.05) is 12.1 Å². The van der Waals surface area contributed by atoms with Gasteiger partial charge in [0.2, 0.25) is 10.0 Å². The van der Waals surface area contributed by atoms with Gasteiger partial charge in [0.05, 0.1) is 4.90 Å². The van der Waals surface area contributed by atoms with Crippen molar-refractivity contribution in [3.8, 4) is 5.82 Å². The van der Waals surface area contributed by atoms with Crippen LogP contribution in [0, 0.1) is 0 Å². The molecule has 3 rings (SSSR count). The van der Waals surface area contributed by atoms with Crippen LogP contribution in [0.2, 0.25) is 0 Å². The number of aromatic nitrogens is 4. The van der Waals surface area contributed by atoms with E-state index in [0.717, 1.165) is 5.56 Å². The average Bonchev–Trinajstić information content (AvgIpc) is 3.28. The standard InChI is InChI=1S/C19H21N7O3S/c1-3-11-25(2)30(28,29)17-8-6-16(7-9-17)24-19(27)22-12-15-5-4-10-21-18(15)26-14-20-13-23-26/h3-10,13-14H,1,11-12H2,2H3,(H2,22,24,27). The zero-order valence-electron chi connectivity index (χ0n) is 16.3. The number of sulfonamides is 1. The Labute approximate surface area is 174 Å². The van der Waals surface area contributed by atoms with Crippen molar-refractivity contribution in [3.63, 3.8) is 0 Å². The highest BCUT2D eigenvalue weighted by Gasteiger charge is 2.19. The summed E-state index contributed by atoms with van der Waals surface area (Å²) in [7, 11) is -2.13. The minimum absolute atomic E-state index is 0.130. The van der Waals surface area contributed by atoms with E-state index in [4.69, 9.17) is 0 Å². The Hall–Kier alpha value is -3.57. The van der Waals surface area contributed by atoms with E-state index in [9.17, 15) is 13.2 Å². The number of urea groups is 1. The molecule has 0 unspecified atom stereocenters. The third-order valence-corrected chi connectivity index (χ3v) is 5.99. The second-order valence-electron chi connectivity index (χ2n) is 6.23. The molecule has 0 aliphatic heterocycles. The van der Waals surface area contributed by atoms with Crippen LogP contribution in [-0.2, 0) is 16.6 Å². The maximum absolute atomic E-state index is 12.4. The van der Waals surface area contributed by atoms with Crippen LogP contribution in [0.1, 0.15) is 5.56 Å². The number of likely N-dealkylation sites (N-methyl/N-ethyl adjacent to an activating group) is 1. The van der Waals surface area contributed by atoms with E-state index in [2.05, 4.69) is 32.3 Å². The first-order valence-electron chi connectivity index (χ1n) is 8.93. The minimum atomic E-state index is -3.61. The molecule has 2 amide bonds. The van der Waals surface area contributed by atoms with Gasteiger partial charge >= 0.3 is 6.03 Å². The molecule has 30 heavy (non-hydrogen) atoms. The summed E-state index contributed by atoms with van der Waals surface area (Å²) in [5.41, 5.74) is 1.21. The Kier molecular flexibility index (Phi) is 6.54. The molecule has 0 aliphatic carbocycles. The molecule has 0 bridgehead atoms. The quantitative estimate of drug-likeness (QED) is 0.529. The number of anilines is 1. The molecule has 11 heteroatoms. The summed E-state index contributed by atoms with van der Waals surface area (Å²) in [6.07, 6.45) is 6.06. The number of benzene rings is 1. The number of carbonyl (C=O) groups is 1. The van der Waals surface area contributed by atoms with Gasteiger partial charge < -0.3 is 10.6 Å². The van der Waals surface area contributed by atoms with Crippen LogP contribution in [0.4, 0.5) is 10.5 Å². The lowest BCUT2D eigenvalue weighted by Crippen LogP contribution is -2.29. The summed E-state index contributed by atoms with van der Waals surface area (Å²) in [5.74, 6) is 0.563. The lowest BCUT2D eigenvalue weighted by atomic mass is 10.2. The SMILES string of the molecule is C=CCN(C)S(=O)(=O)c1ccc(NC(=O)NCc2cccnc2-n2cncn2)cc1. The van der Waals surface area contributed by atoms with Crippen molar-refractivity contribution in [2.75, 3.05) is 18.9 Å². The second-order valence-corrected chi connectivity index (χ2v) is 8.28. The molecule has 0 saturated heterocycles. The molecule has 3 aromatic rings. The summed E-state index contributed by atoms with van der Waals surface area (Å²) in [6.45, 7) is 3.96. The molecular weight excluding hydrogens is 406 g/mol. The number of pyridine rings is 1. The van der Waals surface area contributed by atoms with Crippen LogP contribution in [-0.4, -0.2) is 52.1 Å². The van der Waals surface area contributed by atoms with Crippen molar-refractivity contribution in [2.24, 2.45) is 0 Å². The third-order valence-electron chi connectivity index (χ3n) is 4.15. The maximum Gasteiger partial charge on any atom is 0.319 e. The van der Waals surface area contributed by atoms with Crippen molar-refractivity contribution >= 4 is 21.7 Å². The number of hydrogen-bond donors (Lipinski definition) is 2. The molecule has 2 aromatic heterocycles. The maximum atomic E-state index is 12.4. The molecule has 0 spiro atoms. The van der Waals surface area contributed by atoms with Gasteiger partial charge in [-0.05, 0) is 30.3 Å². The smallest absolute Gasteiger partial charge is 0.319 e. The zero-order valence-corrected chi connectivity index (χ0v) is 17.1. The van der Waals surface area contributed by atoms with Gasteiger partial charge in [-0.2, -0.15) is 9.40 Å². The molecule has 0 atom stereocenters. The number of amides is 2. The van der Waals surface area contributed by atoms with Gasteiger partial charge in [0.25, 0.3) is 0 Å². The lowest BCUT2D eigenvalue weighted by Gasteiger charge is -2.15. The highest BCUT2D eigenvalue weighted by molar-refractivity contribution is 7.89. The molecule has 0 saturated carbocycles. The fourth-order valence-corrected chi connectivity index (χ4v) is 3.75. The van der Waals surface area contributed by atoms with E-state index in [1.807, 2.05) is 6.07 Å². The van der Waals surface area contributed by atoms with Crippen molar-refractivity contribution in [3.05, 3.63) is 73.5 Å². The summed E-state index contributed by atoms with van der Waals surface area (Å²) >= 11 is 0. The predicted octanol–water partition coefficient (Wildman–Crippen LogP) is 1.79. The van der Waals surface area contributed by atoms with Gasteiger partial charge in [0, 0.05) is 37.6 Å². The molecule has 0 radical (unpaired) electrons. The predicted molar refractivity (Wildman–Crippen MR) is 111 cm³/mol. The fraction of sp³-hybridized carbons (Fsp3) is 0.158. The van der Waals surface area contributed by atoms with E-state index < -0.39 is 16.1 Å². The molecule has 2 N–H and O–H groups in total. The summed E-state index contributed by atoms with van der Waals surface area (Å²) in [4.78, 5) is 20.5. The minimum Gasteiger partial charge on any atom is -0.334 e. The second kappa shape index (κ2) is 9.29. The van der Waals surface area contributed by atoms with Gasteiger partial charge in [0.1, 0.15) is 12.7 Å². The van der Waals surface area contributed by atoms with Crippen LogP contribution in [0.3, 0.4) is 0 Å². The molecular formula is C19H21N7O3S. The van der Waals surface area contributed by atoms with E-state index in [0.29, 0.717) is 11.5 Å². The van der Waals surface area contributed by atoms with Crippen molar-refractivity contribution in [1.82, 2.24) is 29.4 Å². The van der Waals surface area contributed by atoms with Crippen LogP contribution < -0.4 is 10.6 Å². The summed E-state index contributed by atoms with van der Waals surface area (Å²) in [6, 6.07) is 9.07. The Morgan fingerprint density at radius 3 is 2.70 bits per heavy atom. The van der Waals surface area contributed by atoms with Crippen LogP contribution >= 0.6 is 0 Å². The van der Waals surface area contributed by atoms with Gasteiger partial charge in [-0.25, -0.2) is 27.9 Å². The average molecular weight is 427 g/mol. The lowest BCUT2D eigenvalue weighted by molar-refractivity contribution is 0.251. The molecule has 156 valence electrons. The van der Waals surface area contributed by atoms with Crippen molar-refractivity contribution in [2.45, 2.75) is 11.4 Å². The first-order chi connectivity index (χ1) is 14.4. The summed E-state index contributed by atoms with van der Waals surface area (Å²) < 4.78 is 27.5. The van der Waals surface area contributed by atoms with Crippen molar-refractivity contribution < 1.29 is 13.2 Å². The topological polar surface area (TPSA) is 122 Å². The van der Waals surface area contributed by atoms with E-state index in [-0.39, 0.29) is 18.0 Å². The molecule has 0 aliphatic rings. The van der Waals surface area contributed by atoms with Crippen LogP contribution in [0.25, 0.3) is 5.82 Å². The fourth-order valence-electron chi connectivity index (χ4n) is 2.61. The van der Waals surface area contributed by atoms with Gasteiger partial charge in [-0.3, -0.25) is 0 Å². The largest absolute Gasteiger partial charge is 0.334 e. The zero-order chi connectivity index (χ0) is 21.6. The normalized spacial score (nSPS) is 11.3. The van der Waals surface area contributed by atoms with Gasteiger partial charge in [0.15, 0.2) is 5.82 Å². The highest BCUT2D eigenvalue weighted by Crippen LogP contribution is 2.17. The first-order valence-corrected chi connectivity index (χ1v) is 10.4. The van der Waals surface area contributed by atoms with Gasteiger partial charge in [-0.15, -0.1) is 6.58 Å². The number of nitrogens with one attached hydrogen (secondary N) is 2. The van der Waals surface area contributed by atoms with E-state index in [1.165, 1.54) is 59.0 Å². The summed E-state index contributed by atoms with van der Waals surface area (Å²) in [5, 5.41) is 9.46. The number of nitrogens with zero attached hydrogens (tertiary/aromatic N) is 5. The molecule has 1 aromatic carbocycles. The monoisotopic (exact) mass is 427 g/mol. The highest BCUT2D eigenvalue weighted by atomic mass is 32.2.